The molecule has 0 radical (unpaired) electrons. The lowest BCUT2D eigenvalue weighted by Crippen LogP contribution is -2.43. The van der Waals surface area contributed by atoms with E-state index >= 15 is 0 Å². The predicted molar refractivity (Wildman–Crippen MR) is 67.7 cm³/mol. The van der Waals surface area contributed by atoms with Crippen molar-refractivity contribution < 1.29 is 9.18 Å². The fourth-order valence-electron chi connectivity index (χ4n) is 1.47. The third kappa shape index (κ3) is 3.37. The smallest absolute Gasteiger partial charge is 0.179 e. The number of Topliss-reactive ketones (excluding diaryl/α,β-unsaturated/α-hetero) is 1. The number of carbonyl (C=O) groups excluding carboxylic acids is 1. The summed E-state index contributed by atoms with van der Waals surface area (Å²) in [6, 6.07) is 6.12. The summed E-state index contributed by atoms with van der Waals surface area (Å²) in [5, 5.41) is 0. The molecule has 1 aromatic rings. The quantitative estimate of drug-likeness (QED) is 0.733. The van der Waals surface area contributed by atoms with E-state index < -0.39 is 5.82 Å². The zero-order chi connectivity index (χ0) is 13.1. The number of rotatable bonds is 5. The fraction of sp³-hybridized carbons (Fsp3) is 0.500. The van der Waals surface area contributed by atoms with Gasteiger partial charge >= 0.3 is 0 Å². The number of ketones is 1. The highest BCUT2D eigenvalue weighted by molar-refractivity contribution is 5.97. The van der Waals surface area contributed by atoms with Crippen molar-refractivity contribution in [2.75, 3.05) is 13.6 Å². The summed E-state index contributed by atoms with van der Waals surface area (Å²) in [6.07, 6.45) is 0.939. The van der Waals surface area contributed by atoms with Crippen molar-refractivity contribution in [3.63, 3.8) is 0 Å². The summed E-state index contributed by atoms with van der Waals surface area (Å²) >= 11 is 0. The maximum absolute atomic E-state index is 13.4. The van der Waals surface area contributed by atoms with Crippen LogP contribution in [0.25, 0.3) is 0 Å². The molecule has 1 aromatic carbocycles. The number of carbonyl (C=O) groups is 1. The summed E-state index contributed by atoms with van der Waals surface area (Å²) in [5.41, 5.74) is 0.118. The van der Waals surface area contributed by atoms with Crippen LogP contribution in [0.5, 0.6) is 0 Å². The van der Waals surface area contributed by atoms with E-state index in [2.05, 4.69) is 20.8 Å². The minimum atomic E-state index is -0.444. The molecule has 0 bridgehead atoms. The van der Waals surface area contributed by atoms with Gasteiger partial charge in [0.2, 0.25) is 0 Å². The van der Waals surface area contributed by atoms with E-state index in [9.17, 15) is 9.18 Å². The van der Waals surface area contributed by atoms with E-state index in [1.807, 2.05) is 11.9 Å². The molecule has 94 valence electrons. The normalized spacial score (nSPS) is 11.9. The maximum Gasteiger partial charge on any atom is 0.179 e. The maximum atomic E-state index is 13.4. The molecule has 0 saturated heterocycles. The first-order valence-corrected chi connectivity index (χ1v) is 5.87. The minimum Gasteiger partial charge on any atom is -0.294 e. The van der Waals surface area contributed by atoms with Crippen LogP contribution < -0.4 is 0 Å². The van der Waals surface area contributed by atoms with Crippen LogP contribution >= 0.6 is 0 Å². The van der Waals surface area contributed by atoms with E-state index in [1.165, 1.54) is 12.1 Å². The van der Waals surface area contributed by atoms with Crippen molar-refractivity contribution in [2.45, 2.75) is 32.7 Å². The minimum absolute atomic E-state index is 0.0546. The summed E-state index contributed by atoms with van der Waals surface area (Å²) in [6.45, 7) is 6.45. The molecule has 17 heavy (non-hydrogen) atoms. The molecule has 0 fully saturated rings. The number of hydrogen-bond donors (Lipinski definition) is 0. The zero-order valence-electron chi connectivity index (χ0n) is 11.0. The molecule has 3 heteroatoms. The van der Waals surface area contributed by atoms with Gasteiger partial charge in [0.15, 0.2) is 5.78 Å². The lowest BCUT2D eigenvalue weighted by atomic mass is 9.99. The van der Waals surface area contributed by atoms with Crippen molar-refractivity contribution in [3.8, 4) is 0 Å². The van der Waals surface area contributed by atoms with Crippen molar-refractivity contribution in [2.24, 2.45) is 0 Å². The average Bonchev–Trinajstić information content (AvgIpc) is 2.29. The molecule has 0 aromatic heterocycles. The first-order valence-electron chi connectivity index (χ1n) is 5.87. The Morgan fingerprint density at radius 2 is 1.94 bits per heavy atom. The summed E-state index contributed by atoms with van der Waals surface area (Å²) in [7, 11) is 1.89. The topological polar surface area (TPSA) is 20.3 Å². The van der Waals surface area contributed by atoms with Crippen LogP contribution in [0.15, 0.2) is 24.3 Å². The van der Waals surface area contributed by atoms with E-state index in [-0.39, 0.29) is 23.4 Å². The predicted octanol–water partition coefficient (Wildman–Crippen LogP) is 3.13. The Hall–Kier alpha value is -1.22. The Morgan fingerprint density at radius 3 is 2.47 bits per heavy atom. The first kappa shape index (κ1) is 13.8. The highest BCUT2D eigenvalue weighted by Crippen LogP contribution is 2.17. The van der Waals surface area contributed by atoms with Gasteiger partial charge in [0.1, 0.15) is 5.82 Å². The van der Waals surface area contributed by atoms with Crippen LogP contribution in [-0.4, -0.2) is 29.8 Å². The largest absolute Gasteiger partial charge is 0.294 e. The number of nitrogens with zero attached hydrogens (tertiary/aromatic N) is 1. The molecule has 0 aliphatic rings. The fourth-order valence-corrected chi connectivity index (χ4v) is 1.47. The molecule has 0 amide bonds. The molecule has 0 N–H and O–H groups in total. The Bertz CT molecular complexity index is 401. The highest BCUT2D eigenvalue weighted by atomic mass is 19.1. The monoisotopic (exact) mass is 237 g/mol. The van der Waals surface area contributed by atoms with Gasteiger partial charge in [0.25, 0.3) is 0 Å². The number of hydrogen-bond acceptors (Lipinski definition) is 2. The number of halogens is 1. The second-order valence-corrected chi connectivity index (χ2v) is 4.93. The lowest BCUT2D eigenvalue weighted by Gasteiger charge is -2.34. The van der Waals surface area contributed by atoms with Crippen molar-refractivity contribution in [3.05, 3.63) is 35.6 Å². The van der Waals surface area contributed by atoms with Crippen LogP contribution in [-0.2, 0) is 0 Å². The third-order valence-electron chi connectivity index (χ3n) is 3.45. The standard InChI is InChI=1S/C14H20FNO/c1-5-14(2,3)16(4)10-13(17)11-8-6-7-9-12(11)15/h6-9H,5,10H2,1-4H3. The molecule has 0 aliphatic heterocycles. The SMILES string of the molecule is CCC(C)(C)N(C)CC(=O)c1ccccc1F. The summed E-state index contributed by atoms with van der Waals surface area (Å²) in [5.74, 6) is -0.618. The van der Waals surface area contributed by atoms with Crippen molar-refractivity contribution in [1.29, 1.82) is 0 Å². The van der Waals surface area contributed by atoms with Crippen LogP contribution in [0.3, 0.4) is 0 Å². The molecular formula is C14H20FNO. The van der Waals surface area contributed by atoms with E-state index in [1.54, 1.807) is 12.1 Å². The van der Waals surface area contributed by atoms with Crippen LogP contribution in [0, 0.1) is 5.82 Å². The molecular weight excluding hydrogens is 217 g/mol. The van der Waals surface area contributed by atoms with Crippen LogP contribution in [0.4, 0.5) is 4.39 Å². The van der Waals surface area contributed by atoms with Crippen LogP contribution in [0.1, 0.15) is 37.6 Å². The van der Waals surface area contributed by atoms with Gasteiger partial charge in [-0.2, -0.15) is 0 Å². The van der Waals surface area contributed by atoms with E-state index in [4.69, 9.17) is 0 Å². The molecule has 0 atom stereocenters. The molecule has 0 unspecified atom stereocenters. The van der Waals surface area contributed by atoms with Gasteiger partial charge in [-0.05, 0) is 39.4 Å². The number of likely N-dealkylation sites (N-methyl/N-ethyl adjacent to an activating group) is 1. The molecule has 2 nitrogen and oxygen atoms in total. The molecule has 0 aliphatic carbocycles. The van der Waals surface area contributed by atoms with Gasteiger partial charge in [-0.15, -0.1) is 0 Å². The molecule has 1 rings (SSSR count). The Balaban J connectivity index is 2.77. The van der Waals surface area contributed by atoms with Crippen LogP contribution in [0.2, 0.25) is 0 Å². The summed E-state index contributed by atoms with van der Waals surface area (Å²) in [4.78, 5) is 13.9. The van der Waals surface area contributed by atoms with Gasteiger partial charge < -0.3 is 0 Å². The van der Waals surface area contributed by atoms with Crippen molar-refractivity contribution >= 4 is 5.78 Å². The Kier molecular flexibility index (Phi) is 4.40. The van der Waals surface area contributed by atoms with Gasteiger partial charge in [-0.1, -0.05) is 19.1 Å². The third-order valence-corrected chi connectivity index (χ3v) is 3.45. The van der Waals surface area contributed by atoms with Gasteiger partial charge in [0.05, 0.1) is 12.1 Å². The average molecular weight is 237 g/mol. The lowest BCUT2D eigenvalue weighted by molar-refractivity contribution is 0.0843. The first-order chi connectivity index (χ1) is 7.88. The van der Waals surface area contributed by atoms with Gasteiger partial charge in [0, 0.05) is 5.54 Å². The van der Waals surface area contributed by atoms with E-state index in [0.717, 1.165) is 6.42 Å². The second kappa shape index (κ2) is 5.41. The molecule has 0 heterocycles. The van der Waals surface area contributed by atoms with Gasteiger partial charge in [-0.25, -0.2) is 4.39 Å². The zero-order valence-corrected chi connectivity index (χ0v) is 11.0. The Morgan fingerprint density at radius 1 is 1.35 bits per heavy atom. The molecule has 0 spiro atoms. The Labute approximate surface area is 102 Å². The van der Waals surface area contributed by atoms with Crippen molar-refractivity contribution in [1.82, 2.24) is 4.90 Å². The van der Waals surface area contributed by atoms with E-state index in [0.29, 0.717) is 0 Å². The second-order valence-electron chi connectivity index (χ2n) is 4.93. The van der Waals surface area contributed by atoms with Gasteiger partial charge in [-0.3, -0.25) is 9.69 Å². The summed E-state index contributed by atoms with van der Waals surface area (Å²) < 4.78 is 13.4. The number of benzene rings is 1. The molecule has 0 saturated carbocycles. The highest BCUT2D eigenvalue weighted by Gasteiger charge is 2.24.